The van der Waals surface area contributed by atoms with Crippen LogP contribution in [0.1, 0.15) is 28.4 Å². The molecule has 0 aliphatic heterocycles. The third kappa shape index (κ3) is 5.70. The zero-order valence-electron chi connectivity index (χ0n) is 13.5. The first-order valence-corrected chi connectivity index (χ1v) is 8.23. The van der Waals surface area contributed by atoms with Crippen LogP contribution in [0, 0.1) is 0 Å². The van der Waals surface area contributed by atoms with Gasteiger partial charge in [-0.15, -0.1) is 0 Å². The van der Waals surface area contributed by atoms with Crippen LogP contribution in [0.25, 0.3) is 0 Å². The van der Waals surface area contributed by atoms with Crippen LogP contribution in [-0.4, -0.2) is 25.0 Å². The van der Waals surface area contributed by atoms with Crippen molar-refractivity contribution in [1.82, 2.24) is 5.32 Å². The van der Waals surface area contributed by atoms with Crippen molar-refractivity contribution < 1.29 is 14.3 Å². The maximum absolute atomic E-state index is 11.9. The molecule has 0 unspecified atom stereocenters. The first-order valence-electron chi connectivity index (χ1n) is 7.85. The molecule has 0 saturated heterocycles. The standard InChI is InChI=1S/C19H20ClNO3/c1-2-14-3-7-16(8-4-14)19(23)24-13-18(22)21-12-11-15-5-9-17(20)10-6-15/h3-10H,2,11-13H2,1H3,(H,21,22). The predicted octanol–water partition coefficient (Wildman–Crippen LogP) is 3.42. The van der Waals surface area contributed by atoms with Crippen LogP contribution in [0.3, 0.4) is 0 Å². The van der Waals surface area contributed by atoms with E-state index in [-0.39, 0.29) is 12.5 Å². The Morgan fingerprint density at radius 1 is 1.00 bits per heavy atom. The Balaban J connectivity index is 1.70. The Kier molecular flexibility index (Phi) is 6.82. The lowest BCUT2D eigenvalue weighted by atomic mass is 10.1. The molecule has 0 fully saturated rings. The second-order valence-corrected chi connectivity index (χ2v) is 5.79. The first-order chi connectivity index (χ1) is 11.6. The first kappa shape index (κ1) is 18.0. The van der Waals surface area contributed by atoms with E-state index in [0.29, 0.717) is 23.6 Å². The number of hydrogen-bond acceptors (Lipinski definition) is 3. The van der Waals surface area contributed by atoms with E-state index in [4.69, 9.17) is 16.3 Å². The van der Waals surface area contributed by atoms with Crippen LogP contribution in [0.15, 0.2) is 48.5 Å². The van der Waals surface area contributed by atoms with Gasteiger partial charge in [0.05, 0.1) is 5.56 Å². The number of ether oxygens (including phenoxy) is 1. The second-order valence-electron chi connectivity index (χ2n) is 5.35. The smallest absolute Gasteiger partial charge is 0.338 e. The summed E-state index contributed by atoms with van der Waals surface area (Å²) in [5.74, 6) is -0.812. The number of rotatable bonds is 7. The summed E-state index contributed by atoms with van der Waals surface area (Å²) in [5, 5.41) is 3.40. The van der Waals surface area contributed by atoms with Crippen LogP contribution in [0.4, 0.5) is 0 Å². The van der Waals surface area contributed by atoms with Crippen molar-refractivity contribution in [3.63, 3.8) is 0 Å². The molecule has 0 heterocycles. The number of carbonyl (C=O) groups excluding carboxylic acids is 2. The minimum Gasteiger partial charge on any atom is -0.452 e. The average Bonchev–Trinajstić information content (AvgIpc) is 2.61. The van der Waals surface area contributed by atoms with Gasteiger partial charge in [-0.05, 0) is 48.2 Å². The number of hydrogen-bond donors (Lipinski definition) is 1. The van der Waals surface area contributed by atoms with E-state index in [1.807, 2.05) is 43.3 Å². The summed E-state index contributed by atoms with van der Waals surface area (Å²) >= 11 is 5.82. The molecule has 2 aromatic rings. The molecule has 24 heavy (non-hydrogen) atoms. The lowest BCUT2D eigenvalue weighted by Gasteiger charge is -2.07. The molecule has 0 spiro atoms. The number of esters is 1. The molecule has 0 bridgehead atoms. The Bertz CT molecular complexity index is 681. The highest BCUT2D eigenvalue weighted by molar-refractivity contribution is 6.30. The Morgan fingerprint density at radius 3 is 2.25 bits per heavy atom. The fourth-order valence-corrected chi connectivity index (χ4v) is 2.27. The largest absolute Gasteiger partial charge is 0.452 e. The van der Waals surface area contributed by atoms with Gasteiger partial charge in [-0.1, -0.05) is 42.8 Å². The van der Waals surface area contributed by atoms with Gasteiger partial charge < -0.3 is 10.1 Å². The second kappa shape index (κ2) is 9.08. The maximum Gasteiger partial charge on any atom is 0.338 e. The van der Waals surface area contributed by atoms with Crippen molar-refractivity contribution in [3.8, 4) is 0 Å². The molecule has 0 atom stereocenters. The van der Waals surface area contributed by atoms with Crippen molar-refractivity contribution in [2.45, 2.75) is 19.8 Å². The zero-order chi connectivity index (χ0) is 17.4. The van der Waals surface area contributed by atoms with Gasteiger partial charge >= 0.3 is 5.97 Å². The fourth-order valence-electron chi connectivity index (χ4n) is 2.14. The summed E-state index contributed by atoms with van der Waals surface area (Å²) in [4.78, 5) is 23.6. The molecular weight excluding hydrogens is 326 g/mol. The Morgan fingerprint density at radius 2 is 1.62 bits per heavy atom. The van der Waals surface area contributed by atoms with Gasteiger partial charge in [-0.2, -0.15) is 0 Å². The number of halogens is 1. The predicted molar refractivity (Wildman–Crippen MR) is 94.3 cm³/mol. The van der Waals surface area contributed by atoms with Crippen molar-refractivity contribution in [1.29, 1.82) is 0 Å². The highest BCUT2D eigenvalue weighted by Gasteiger charge is 2.09. The van der Waals surface area contributed by atoms with Crippen molar-refractivity contribution >= 4 is 23.5 Å². The van der Waals surface area contributed by atoms with E-state index in [0.717, 1.165) is 17.5 Å². The van der Waals surface area contributed by atoms with Gasteiger partial charge in [0.15, 0.2) is 6.61 Å². The number of amides is 1. The van der Waals surface area contributed by atoms with Crippen molar-refractivity contribution in [2.24, 2.45) is 0 Å². The van der Waals surface area contributed by atoms with Crippen LogP contribution >= 0.6 is 11.6 Å². The van der Waals surface area contributed by atoms with Gasteiger partial charge in [0, 0.05) is 11.6 Å². The van der Waals surface area contributed by atoms with Crippen molar-refractivity contribution in [3.05, 3.63) is 70.2 Å². The third-order valence-electron chi connectivity index (χ3n) is 3.58. The molecule has 2 rings (SSSR count). The van der Waals surface area contributed by atoms with E-state index < -0.39 is 5.97 Å². The maximum atomic E-state index is 11.9. The minimum atomic E-state index is -0.495. The number of benzene rings is 2. The number of carbonyl (C=O) groups is 2. The van der Waals surface area contributed by atoms with E-state index >= 15 is 0 Å². The van der Waals surface area contributed by atoms with Crippen LogP contribution in [-0.2, 0) is 22.4 Å². The van der Waals surface area contributed by atoms with E-state index in [2.05, 4.69) is 5.32 Å². The minimum absolute atomic E-state index is 0.283. The summed E-state index contributed by atoms with van der Waals surface area (Å²) in [7, 11) is 0. The Hall–Kier alpha value is -2.33. The molecule has 0 radical (unpaired) electrons. The van der Waals surface area contributed by atoms with Crippen molar-refractivity contribution in [2.75, 3.05) is 13.2 Å². The highest BCUT2D eigenvalue weighted by Crippen LogP contribution is 2.09. The fraction of sp³-hybridized carbons (Fsp3) is 0.263. The van der Waals surface area contributed by atoms with E-state index in [1.165, 1.54) is 0 Å². The van der Waals surface area contributed by atoms with Crippen LogP contribution in [0.2, 0.25) is 5.02 Å². The van der Waals surface area contributed by atoms with E-state index in [1.54, 1.807) is 12.1 Å². The molecule has 0 aromatic heterocycles. The average molecular weight is 346 g/mol. The number of aryl methyl sites for hydroxylation is 1. The van der Waals surface area contributed by atoms with Crippen LogP contribution in [0.5, 0.6) is 0 Å². The van der Waals surface area contributed by atoms with Crippen LogP contribution < -0.4 is 5.32 Å². The molecule has 1 amide bonds. The molecule has 2 aromatic carbocycles. The molecule has 0 aliphatic rings. The van der Waals surface area contributed by atoms with E-state index in [9.17, 15) is 9.59 Å². The quantitative estimate of drug-likeness (QED) is 0.782. The normalized spacial score (nSPS) is 10.2. The van der Waals surface area contributed by atoms with Gasteiger partial charge in [0.2, 0.25) is 0 Å². The molecule has 4 nitrogen and oxygen atoms in total. The zero-order valence-corrected chi connectivity index (χ0v) is 14.3. The van der Waals surface area contributed by atoms with Gasteiger partial charge in [-0.3, -0.25) is 4.79 Å². The van der Waals surface area contributed by atoms with Gasteiger partial charge in [0.25, 0.3) is 5.91 Å². The van der Waals surface area contributed by atoms with Gasteiger partial charge in [0.1, 0.15) is 0 Å². The molecule has 1 N–H and O–H groups in total. The molecule has 126 valence electrons. The summed E-state index contributed by atoms with van der Waals surface area (Å²) in [5.41, 5.74) is 2.67. The lowest BCUT2D eigenvalue weighted by Crippen LogP contribution is -2.30. The summed E-state index contributed by atoms with van der Waals surface area (Å²) in [6.45, 7) is 2.24. The SMILES string of the molecule is CCc1ccc(C(=O)OCC(=O)NCCc2ccc(Cl)cc2)cc1. The summed E-state index contributed by atoms with van der Waals surface area (Å²) in [6, 6.07) is 14.6. The summed E-state index contributed by atoms with van der Waals surface area (Å²) in [6.07, 6.45) is 1.60. The third-order valence-corrected chi connectivity index (χ3v) is 3.83. The summed E-state index contributed by atoms with van der Waals surface area (Å²) < 4.78 is 5.01. The molecule has 0 saturated carbocycles. The number of nitrogens with one attached hydrogen (secondary N) is 1. The lowest BCUT2D eigenvalue weighted by molar-refractivity contribution is -0.124. The highest BCUT2D eigenvalue weighted by atomic mass is 35.5. The van der Waals surface area contributed by atoms with Gasteiger partial charge in [-0.25, -0.2) is 4.79 Å². The Labute approximate surface area is 146 Å². The molecule has 5 heteroatoms. The molecular formula is C19H20ClNO3. The molecule has 0 aliphatic carbocycles. The topological polar surface area (TPSA) is 55.4 Å². The monoisotopic (exact) mass is 345 g/mol.